The SMILES string of the molecule is O=C(CC1(C(=O)O)CCCCC1)N1CC2CCCC2C1. The lowest BCUT2D eigenvalue weighted by Gasteiger charge is -2.34. The molecule has 0 bridgehead atoms. The van der Waals surface area contributed by atoms with Crippen molar-refractivity contribution in [1.29, 1.82) is 0 Å². The van der Waals surface area contributed by atoms with Gasteiger partial charge in [-0.1, -0.05) is 25.7 Å². The standard InChI is InChI=1S/C16H25NO3/c18-14(17-10-12-5-4-6-13(12)11-17)9-16(15(19)20)7-2-1-3-8-16/h12-13H,1-11H2,(H,19,20). The highest BCUT2D eigenvalue weighted by molar-refractivity contribution is 5.85. The van der Waals surface area contributed by atoms with E-state index >= 15 is 0 Å². The molecule has 3 rings (SSSR count). The summed E-state index contributed by atoms with van der Waals surface area (Å²) in [5, 5.41) is 9.57. The van der Waals surface area contributed by atoms with E-state index in [1.807, 2.05) is 4.90 Å². The van der Waals surface area contributed by atoms with Gasteiger partial charge in [0.05, 0.1) is 5.41 Å². The monoisotopic (exact) mass is 279 g/mol. The van der Waals surface area contributed by atoms with Crippen LogP contribution in [0.3, 0.4) is 0 Å². The van der Waals surface area contributed by atoms with Crippen molar-refractivity contribution in [3.63, 3.8) is 0 Å². The molecule has 2 atom stereocenters. The predicted molar refractivity (Wildman–Crippen MR) is 75.2 cm³/mol. The fourth-order valence-electron chi connectivity index (χ4n) is 4.53. The molecule has 3 aliphatic rings. The molecular formula is C16H25NO3. The van der Waals surface area contributed by atoms with E-state index in [0.29, 0.717) is 24.7 Å². The molecule has 0 aromatic heterocycles. The summed E-state index contributed by atoms with van der Waals surface area (Å²) in [5.74, 6) is 0.700. The van der Waals surface area contributed by atoms with Crippen molar-refractivity contribution < 1.29 is 14.7 Å². The van der Waals surface area contributed by atoms with E-state index in [9.17, 15) is 14.7 Å². The smallest absolute Gasteiger partial charge is 0.310 e. The number of carbonyl (C=O) groups is 2. The number of aliphatic carboxylic acids is 1. The average molecular weight is 279 g/mol. The molecule has 1 N–H and O–H groups in total. The van der Waals surface area contributed by atoms with Gasteiger partial charge in [0.25, 0.3) is 0 Å². The van der Waals surface area contributed by atoms with Crippen LogP contribution in [0.5, 0.6) is 0 Å². The molecular weight excluding hydrogens is 254 g/mol. The minimum atomic E-state index is -0.771. The quantitative estimate of drug-likeness (QED) is 0.864. The maximum Gasteiger partial charge on any atom is 0.310 e. The summed E-state index contributed by atoms with van der Waals surface area (Å²) in [6.07, 6.45) is 8.38. The first kappa shape index (κ1) is 13.9. The number of hydrogen-bond acceptors (Lipinski definition) is 2. The van der Waals surface area contributed by atoms with Crippen LogP contribution in [0, 0.1) is 17.3 Å². The third-order valence-electron chi connectivity index (χ3n) is 5.83. The Kier molecular flexibility index (Phi) is 3.74. The van der Waals surface area contributed by atoms with Crippen molar-refractivity contribution in [2.45, 2.75) is 57.8 Å². The first-order chi connectivity index (χ1) is 9.61. The fraction of sp³-hybridized carbons (Fsp3) is 0.875. The summed E-state index contributed by atoms with van der Waals surface area (Å²) in [5.41, 5.74) is -0.771. The normalized spacial score (nSPS) is 32.1. The highest BCUT2D eigenvalue weighted by atomic mass is 16.4. The van der Waals surface area contributed by atoms with Crippen LogP contribution >= 0.6 is 0 Å². The Balaban J connectivity index is 1.64. The van der Waals surface area contributed by atoms with Gasteiger partial charge < -0.3 is 10.0 Å². The van der Waals surface area contributed by atoms with Crippen LogP contribution < -0.4 is 0 Å². The van der Waals surface area contributed by atoms with Gasteiger partial charge in [0.15, 0.2) is 0 Å². The summed E-state index contributed by atoms with van der Waals surface area (Å²) in [6.45, 7) is 1.75. The molecule has 0 radical (unpaired) electrons. The van der Waals surface area contributed by atoms with Gasteiger partial charge >= 0.3 is 5.97 Å². The molecule has 1 heterocycles. The van der Waals surface area contributed by atoms with Gasteiger partial charge in [0.2, 0.25) is 5.91 Å². The van der Waals surface area contributed by atoms with Crippen LogP contribution in [-0.4, -0.2) is 35.0 Å². The molecule has 4 nitrogen and oxygen atoms in total. The van der Waals surface area contributed by atoms with Crippen molar-refractivity contribution in [2.24, 2.45) is 17.3 Å². The summed E-state index contributed by atoms with van der Waals surface area (Å²) < 4.78 is 0. The Labute approximate surface area is 120 Å². The van der Waals surface area contributed by atoms with Crippen molar-refractivity contribution in [3.05, 3.63) is 0 Å². The summed E-state index contributed by atoms with van der Waals surface area (Å²) in [4.78, 5) is 26.1. The van der Waals surface area contributed by atoms with Crippen molar-refractivity contribution in [2.75, 3.05) is 13.1 Å². The topological polar surface area (TPSA) is 57.6 Å². The zero-order valence-corrected chi connectivity index (χ0v) is 12.1. The summed E-state index contributed by atoms with van der Waals surface area (Å²) in [7, 11) is 0. The zero-order valence-electron chi connectivity index (χ0n) is 12.1. The number of carboxylic acids is 1. The maximum atomic E-state index is 12.5. The number of fused-ring (bicyclic) bond motifs is 1. The lowest BCUT2D eigenvalue weighted by Crippen LogP contribution is -2.40. The van der Waals surface area contributed by atoms with E-state index in [1.165, 1.54) is 19.3 Å². The number of carboxylic acid groups (broad SMARTS) is 1. The molecule has 0 aromatic rings. The van der Waals surface area contributed by atoms with Crippen LogP contribution in [0.4, 0.5) is 0 Å². The van der Waals surface area contributed by atoms with Crippen molar-refractivity contribution >= 4 is 11.9 Å². The number of carbonyl (C=O) groups excluding carboxylic acids is 1. The molecule has 0 spiro atoms. The van der Waals surface area contributed by atoms with E-state index in [1.54, 1.807) is 0 Å². The molecule has 1 amide bonds. The first-order valence-electron chi connectivity index (χ1n) is 8.12. The van der Waals surface area contributed by atoms with Gasteiger partial charge in [0, 0.05) is 19.5 Å². The van der Waals surface area contributed by atoms with Gasteiger partial charge in [0.1, 0.15) is 0 Å². The first-order valence-corrected chi connectivity index (χ1v) is 8.12. The maximum absolute atomic E-state index is 12.5. The molecule has 4 heteroatoms. The number of nitrogens with zero attached hydrogens (tertiary/aromatic N) is 1. The predicted octanol–water partition coefficient (Wildman–Crippen LogP) is 2.67. The van der Waals surface area contributed by atoms with E-state index in [0.717, 1.165) is 32.4 Å². The van der Waals surface area contributed by atoms with E-state index < -0.39 is 11.4 Å². The summed E-state index contributed by atoms with van der Waals surface area (Å²) in [6, 6.07) is 0. The second kappa shape index (κ2) is 5.38. The van der Waals surface area contributed by atoms with Gasteiger partial charge in [-0.2, -0.15) is 0 Å². The van der Waals surface area contributed by atoms with Crippen LogP contribution in [-0.2, 0) is 9.59 Å². The fourth-order valence-corrected chi connectivity index (χ4v) is 4.53. The largest absolute Gasteiger partial charge is 0.481 e. The van der Waals surface area contributed by atoms with Gasteiger partial charge in [-0.15, -0.1) is 0 Å². The van der Waals surface area contributed by atoms with Crippen molar-refractivity contribution in [1.82, 2.24) is 4.90 Å². The number of rotatable bonds is 3. The molecule has 2 saturated carbocycles. The number of likely N-dealkylation sites (tertiary alicyclic amines) is 1. The molecule has 2 aliphatic carbocycles. The van der Waals surface area contributed by atoms with E-state index in [-0.39, 0.29) is 12.3 Å². The average Bonchev–Trinajstić information content (AvgIpc) is 3.00. The minimum absolute atomic E-state index is 0.0868. The zero-order chi connectivity index (χ0) is 14.2. The molecule has 1 saturated heterocycles. The molecule has 20 heavy (non-hydrogen) atoms. The third-order valence-corrected chi connectivity index (χ3v) is 5.83. The second-order valence-electron chi connectivity index (χ2n) is 7.07. The Morgan fingerprint density at radius 1 is 1.00 bits per heavy atom. The van der Waals surface area contributed by atoms with Crippen LogP contribution in [0.1, 0.15) is 57.8 Å². The Hall–Kier alpha value is -1.06. The van der Waals surface area contributed by atoms with Gasteiger partial charge in [-0.3, -0.25) is 9.59 Å². The highest BCUT2D eigenvalue weighted by Gasteiger charge is 2.44. The highest BCUT2D eigenvalue weighted by Crippen LogP contribution is 2.42. The van der Waals surface area contributed by atoms with Gasteiger partial charge in [-0.25, -0.2) is 0 Å². The Morgan fingerprint density at radius 3 is 2.15 bits per heavy atom. The Bertz CT molecular complexity index is 389. The van der Waals surface area contributed by atoms with Crippen LogP contribution in [0.15, 0.2) is 0 Å². The van der Waals surface area contributed by atoms with Crippen LogP contribution in [0.2, 0.25) is 0 Å². The molecule has 0 aromatic carbocycles. The molecule has 112 valence electrons. The second-order valence-corrected chi connectivity index (χ2v) is 7.07. The van der Waals surface area contributed by atoms with E-state index in [4.69, 9.17) is 0 Å². The summed E-state index contributed by atoms with van der Waals surface area (Å²) >= 11 is 0. The lowest BCUT2D eigenvalue weighted by atomic mass is 9.71. The third kappa shape index (κ3) is 2.45. The van der Waals surface area contributed by atoms with E-state index in [2.05, 4.69) is 0 Å². The number of hydrogen-bond donors (Lipinski definition) is 1. The minimum Gasteiger partial charge on any atom is -0.481 e. The van der Waals surface area contributed by atoms with Crippen molar-refractivity contribution in [3.8, 4) is 0 Å². The van der Waals surface area contributed by atoms with Crippen LogP contribution in [0.25, 0.3) is 0 Å². The molecule has 1 aliphatic heterocycles. The lowest BCUT2D eigenvalue weighted by molar-refractivity contribution is -0.155. The Morgan fingerprint density at radius 2 is 1.60 bits per heavy atom. The molecule has 2 unspecified atom stereocenters. The number of amides is 1. The molecule has 3 fully saturated rings. The van der Waals surface area contributed by atoms with Gasteiger partial charge in [-0.05, 0) is 37.5 Å².